The van der Waals surface area contributed by atoms with E-state index in [0.717, 1.165) is 0 Å². The van der Waals surface area contributed by atoms with E-state index in [2.05, 4.69) is 0 Å². The van der Waals surface area contributed by atoms with E-state index in [9.17, 15) is 9.59 Å². The summed E-state index contributed by atoms with van der Waals surface area (Å²) >= 11 is 11.9. The molecule has 3 rings (SSSR count). The maximum absolute atomic E-state index is 12.0. The molecule has 1 N–H and O–H groups in total. The van der Waals surface area contributed by atoms with Crippen LogP contribution in [0.25, 0.3) is 0 Å². The molecule has 0 saturated carbocycles. The van der Waals surface area contributed by atoms with Gasteiger partial charge in [-0.2, -0.15) is 0 Å². The summed E-state index contributed by atoms with van der Waals surface area (Å²) in [4.78, 5) is 24.3. The lowest BCUT2D eigenvalue weighted by Gasteiger charge is -2.14. The van der Waals surface area contributed by atoms with E-state index in [1.54, 1.807) is 30.3 Å². The Morgan fingerprint density at radius 1 is 1.20 bits per heavy atom. The van der Waals surface area contributed by atoms with Crippen LogP contribution in [0.3, 0.4) is 0 Å². The second kappa shape index (κ2) is 7.21. The molecule has 1 aliphatic heterocycles. The highest BCUT2D eigenvalue weighted by atomic mass is 35.5. The molecule has 8 heteroatoms. The zero-order valence-electron chi connectivity index (χ0n) is 12.8. The van der Waals surface area contributed by atoms with Crippen LogP contribution in [-0.4, -0.2) is 36.4 Å². The molecule has 0 aliphatic carbocycles. The minimum absolute atomic E-state index is 0.149. The molecule has 2 aromatic carbocycles. The number of carboxylic acids is 1. The quantitative estimate of drug-likeness (QED) is 0.843. The predicted molar refractivity (Wildman–Crippen MR) is 93.0 cm³/mol. The van der Waals surface area contributed by atoms with Gasteiger partial charge in [-0.25, -0.2) is 9.59 Å². The van der Waals surface area contributed by atoms with E-state index in [-0.39, 0.29) is 12.2 Å². The van der Waals surface area contributed by atoms with Crippen LogP contribution < -0.4 is 9.64 Å². The van der Waals surface area contributed by atoms with Crippen LogP contribution >= 0.6 is 23.2 Å². The number of ether oxygens (including phenoxy) is 2. The fourth-order valence-corrected chi connectivity index (χ4v) is 2.65. The first-order valence-corrected chi connectivity index (χ1v) is 8.09. The summed E-state index contributed by atoms with van der Waals surface area (Å²) in [5.41, 5.74) is 0.762. The average Bonchev–Trinajstić information content (AvgIpc) is 2.96. The van der Waals surface area contributed by atoms with E-state index in [1.807, 2.05) is 0 Å². The van der Waals surface area contributed by atoms with Crippen molar-refractivity contribution in [1.29, 1.82) is 0 Å². The number of cyclic esters (lactones) is 1. The zero-order valence-corrected chi connectivity index (χ0v) is 14.3. The SMILES string of the molecule is O=C(O)c1ccc(OCC2CN(c3ccc(Cl)c(Cl)c3)C(=O)O2)cc1. The second-order valence-electron chi connectivity index (χ2n) is 5.36. The molecular formula is C17H13Cl2NO5. The van der Waals surface area contributed by atoms with Gasteiger partial charge in [0.1, 0.15) is 12.4 Å². The summed E-state index contributed by atoms with van der Waals surface area (Å²) in [5.74, 6) is -0.512. The summed E-state index contributed by atoms with van der Waals surface area (Å²) in [6, 6.07) is 10.9. The largest absolute Gasteiger partial charge is 0.490 e. The van der Waals surface area contributed by atoms with Crippen LogP contribution in [0, 0.1) is 0 Å². The second-order valence-corrected chi connectivity index (χ2v) is 6.17. The van der Waals surface area contributed by atoms with Gasteiger partial charge < -0.3 is 14.6 Å². The van der Waals surface area contributed by atoms with Crippen molar-refractivity contribution in [2.75, 3.05) is 18.1 Å². The summed E-state index contributed by atoms with van der Waals surface area (Å²) in [6.45, 7) is 0.458. The average molecular weight is 382 g/mol. The molecular weight excluding hydrogens is 369 g/mol. The van der Waals surface area contributed by atoms with Crippen LogP contribution in [0.1, 0.15) is 10.4 Å². The first kappa shape index (κ1) is 17.4. The maximum Gasteiger partial charge on any atom is 0.414 e. The van der Waals surface area contributed by atoms with Crippen molar-refractivity contribution in [2.24, 2.45) is 0 Å². The Morgan fingerprint density at radius 3 is 2.56 bits per heavy atom. The number of carbonyl (C=O) groups is 2. The van der Waals surface area contributed by atoms with Crippen molar-refractivity contribution in [1.82, 2.24) is 0 Å². The van der Waals surface area contributed by atoms with Gasteiger partial charge in [0.2, 0.25) is 0 Å². The van der Waals surface area contributed by atoms with Gasteiger partial charge in [0.15, 0.2) is 6.10 Å². The molecule has 2 aromatic rings. The normalized spacial score (nSPS) is 16.6. The number of amides is 1. The molecule has 0 spiro atoms. The molecule has 1 aliphatic rings. The van der Waals surface area contributed by atoms with Crippen molar-refractivity contribution < 1.29 is 24.2 Å². The number of nitrogens with zero attached hydrogens (tertiary/aromatic N) is 1. The summed E-state index contributed by atoms with van der Waals surface area (Å²) in [7, 11) is 0. The topological polar surface area (TPSA) is 76.1 Å². The number of aromatic carboxylic acids is 1. The maximum atomic E-state index is 12.0. The van der Waals surface area contributed by atoms with Crippen molar-refractivity contribution in [2.45, 2.75) is 6.10 Å². The minimum atomic E-state index is -1.01. The Labute approximate surface area is 153 Å². The van der Waals surface area contributed by atoms with Crippen LogP contribution in [0.2, 0.25) is 10.0 Å². The predicted octanol–water partition coefficient (Wildman–Crippen LogP) is 4.10. The summed E-state index contributed by atoms with van der Waals surface area (Å²) in [6.07, 6.45) is -0.950. The fraction of sp³-hybridized carbons (Fsp3) is 0.176. The monoisotopic (exact) mass is 381 g/mol. The Balaban J connectivity index is 1.60. The highest BCUT2D eigenvalue weighted by Crippen LogP contribution is 2.29. The molecule has 1 atom stereocenters. The van der Waals surface area contributed by atoms with E-state index in [4.69, 9.17) is 37.8 Å². The molecule has 0 bridgehead atoms. The third-order valence-corrected chi connectivity index (χ3v) is 4.37. The van der Waals surface area contributed by atoms with Crippen LogP contribution in [0.5, 0.6) is 5.75 Å². The van der Waals surface area contributed by atoms with Crippen molar-refractivity contribution in [3.8, 4) is 5.75 Å². The summed E-state index contributed by atoms with van der Waals surface area (Å²) < 4.78 is 10.8. The van der Waals surface area contributed by atoms with Gasteiger partial charge >= 0.3 is 12.1 Å². The molecule has 0 radical (unpaired) electrons. The fourth-order valence-electron chi connectivity index (χ4n) is 2.36. The molecule has 130 valence electrons. The molecule has 0 aromatic heterocycles. The first-order chi connectivity index (χ1) is 11.9. The van der Waals surface area contributed by atoms with Crippen molar-refractivity contribution >= 4 is 41.0 Å². The number of benzene rings is 2. The van der Waals surface area contributed by atoms with Gasteiger partial charge in [-0.3, -0.25) is 4.90 Å². The molecule has 1 saturated heterocycles. The van der Waals surface area contributed by atoms with Gasteiger partial charge in [0.25, 0.3) is 0 Å². The Hall–Kier alpha value is -2.44. The molecule has 1 amide bonds. The third kappa shape index (κ3) is 3.97. The van der Waals surface area contributed by atoms with Crippen molar-refractivity contribution in [3.63, 3.8) is 0 Å². The van der Waals surface area contributed by atoms with Crippen LogP contribution in [0.4, 0.5) is 10.5 Å². The van der Waals surface area contributed by atoms with Crippen molar-refractivity contribution in [3.05, 3.63) is 58.1 Å². The minimum Gasteiger partial charge on any atom is -0.490 e. The van der Waals surface area contributed by atoms with E-state index in [0.29, 0.717) is 28.0 Å². The Bertz CT molecular complexity index is 809. The summed E-state index contributed by atoms with van der Waals surface area (Å²) in [5, 5.41) is 9.62. The Kier molecular flexibility index (Phi) is 5.01. The van der Waals surface area contributed by atoms with Crippen LogP contribution in [-0.2, 0) is 4.74 Å². The molecule has 25 heavy (non-hydrogen) atoms. The Morgan fingerprint density at radius 2 is 1.92 bits per heavy atom. The number of carboxylic acid groups (broad SMARTS) is 1. The highest BCUT2D eigenvalue weighted by Gasteiger charge is 2.33. The van der Waals surface area contributed by atoms with Gasteiger partial charge in [-0.1, -0.05) is 23.2 Å². The zero-order chi connectivity index (χ0) is 18.0. The number of carbonyl (C=O) groups excluding carboxylic acids is 1. The molecule has 1 fully saturated rings. The highest BCUT2D eigenvalue weighted by molar-refractivity contribution is 6.42. The molecule has 6 nitrogen and oxygen atoms in total. The van der Waals surface area contributed by atoms with Crippen LogP contribution in [0.15, 0.2) is 42.5 Å². The van der Waals surface area contributed by atoms with E-state index in [1.165, 1.54) is 17.0 Å². The van der Waals surface area contributed by atoms with Gasteiger partial charge in [-0.15, -0.1) is 0 Å². The third-order valence-electron chi connectivity index (χ3n) is 3.63. The van der Waals surface area contributed by atoms with E-state index < -0.39 is 18.2 Å². The first-order valence-electron chi connectivity index (χ1n) is 7.33. The molecule has 1 unspecified atom stereocenters. The number of halogens is 2. The van der Waals surface area contributed by atoms with Gasteiger partial charge in [0.05, 0.1) is 22.2 Å². The number of hydrogen-bond donors (Lipinski definition) is 1. The van der Waals surface area contributed by atoms with Gasteiger partial charge in [0, 0.05) is 5.69 Å². The number of anilines is 1. The standard InChI is InChI=1S/C17H13Cl2NO5/c18-14-6-3-11(7-15(14)19)20-8-13(25-17(20)23)9-24-12-4-1-10(2-5-12)16(21)22/h1-7,13H,8-9H2,(H,21,22). The molecule has 1 heterocycles. The smallest absolute Gasteiger partial charge is 0.414 e. The number of hydrogen-bond acceptors (Lipinski definition) is 4. The van der Waals surface area contributed by atoms with Gasteiger partial charge in [-0.05, 0) is 42.5 Å². The van der Waals surface area contributed by atoms with E-state index >= 15 is 0 Å². The lowest BCUT2D eigenvalue weighted by Crippen LogP contribution is -2.26. The number of rotatable bonds is 5. The lowest BCUT2D eigenvalue weighted by atomic mass is 10.2. The lowest BCUT2D eigenvalue weighted by molar-refractivity contribution is 0.0696.